The van der Waals surface area contributed by atoms with Crippen molar-refractivity contribution in [2.24, 2.45) is 0 Å². The van der Waals surface area contributed by atoms with Crippen LogP contribution in [0.15, 0.2) is 42.5 Å². The molecule has 1 fully saturated rings. The van der Waals surface area contributed by atoms with Crippen LogP contribution in [0.3, 0.4) is 0 Å². The number of amides is 1. The lowest BCUT2D eigenvalue weighted by molar-refractivity contribution is -0.130. The molecule has 1 heterocycles. The van der Waals surface area contributed by atoms with E-state index in [2.05, 4.69) is 10.2 Å². The van der Waals surface area contributed by atoms with Crippen molar-refractivity contribution in [3.63, 3.8) is 0 Å². The molecule has 1 aliphatic rings. The van der Waals surface area contributed by atoms with Crippen LogP contribution in [0.2, 0.25) is 0 Å². The van der Waals surface area contributed by atoms with Gasteiger partial charge in [-0.1, -0.05) is 18.2 Å². The smallest absolute Gasteiger partial charge is 0.236 e. The molecule has 0 unspecified atom stereocenters. The van der Waals surface area contributed by atoms with Crippen LogP contribution >= 0.6 is 0 Å². The number of hydrogen-bond acceptors (Lipinski definition) is 4. The molecule has 0 aromatic heterocycles. The first-order valence-corrected chi connectivity index (χ1v) is 9.33. The van der Waals surface area contributed by atoms with E-state index in [4.69, 9.17) is 4.74 Å². The molecule has 7 heteroatoms. The molecule has 2 aromatic rings. The second kappa shape index (κ2) is 9.01. The minimum atomic E-state index is -0.884. The summed E-state index contributed by atoms with van der Waals surface area (Å²) in [5, 5.41) is 3.09. The number of carbonyl (C=O) groups is 1. The Morgan fingerprint density at radius 3 is 2.50 bits per heavy atom. The van der Waals surface area contributed by atoms with Gasteiger partial charge in [-0.2, -0.15) is 0 Å². The van der Waals surface area contributed by atoms with Crippen LogP contribution in [-0.4, -0.2) is 50.6 Å². The number of piperazine rings is 1. The highest BCUT2D eigenvalue weighted by Gasteiger charge is 2.23. The summed E-state index contributed by atoms with van der Waals surface area (Å²) in [5.41, 5.74) is 1.63. The summed E-state index contributed by atoms with van der Waals surface area (Å²) in [6.45, 7) is 4.67. The highest BCUT2D eigenvalue weighted by atomic mass is 19.2. The highest BCUT2D eigenvalue weighted by Crippen LogP contribution is 2.28. The summed E-state index contributed by atoms with van der Waals surface area (Å²) >= 11 is 0. The largest absolute Gasteiger partial charge is 0.495 e. The first-order valence-electron chi connectivity index (χ1n) is 9.33. The van der Waals surface area contributed by atoms with Crippen molar-refractivity contribution in [2.45, 2.75) is 13.0 Å². The van der Waals surface area contributed by atoms with Crippen molar-refractivity contribution < 1.29 is 18.3 Å². The standard InChI is InChI=1S/C21H25F2N3O2/c1-15(16-7-8-17(22)18(23)13-16)24-14-21(27)26-11-9-25(10-12-26)19-5-3-4-6-20(19)28-2/h3-8,13,15,24H,9-12,14H2,1-2H3/t15-/m0/s1. The van der Waals surface area contributed by atoms with Crippen LogP contribution in [-0.2, 0) is 4.79 Å². The van der Waals surface area contributed by atoms with E-state index >= 15 is 0 Å². The van der Waals surface area contributed by atoms with Crippen LogP contribution in [0.25, 0.3) is 0 Å². The number of methoxy groups -OCH3 is 1. The molecule has 0 aliphatic carbocycles. The molecule has 1 aliphatic heterocycles. The Hall–Kier alpha value is -2.67. The number of para-hydroxylation sites is 2. The fourth-order valence-corrected chi connectivity index (χ4v) is 3.34. The van der Waals surface area contributed by atoms with Crippen LogP contribution < -0.4 is 15.0 Å². The van der Waals surface area contributed by atoms with E-state index < -0.39 is 11.6 Å². The molecule has 0 bridgehead atoms. The minimum absolute atomic E-state index is 0.00545. The van der Waals surface area contributed by atoms with Gasteiger partial charge in [0.05, 0.1) is 19.3 Å². The lowest BCUT2D eigenvalue weighted by atomic mass is 10.1. The van der Waals surface area contributed by atoms with E-state index in [1.807, 2.05) is 36.1 Å². The Morgan fingerprint density at radius 1 is 1.11 bits per heavy atom. The Morgan fingerprint density at radius 2 is 1.82 bits per heavy atom. The van der Waals surface area contributed by atoms with Gasteiger partial charge in [0, 0.05) is 32.2 Å². The van der Waals surface area contributed by atoms with Crippen LogP contribution in [0.4, 0.5) is 14.5 Å². The fraction of sp³-hybridized carbons (Fsp3) is 0.381. The summed E-state index contributed by atoms with van der Waals surface area (Å²) in [6, 6.07) is 11.4. The Bertz CT molecular complexity index is 823. The molecule has 3 rings (SSSR count). The van der Waals surface area contributed by atoms with Gasteiger partial charge >= 0.3 is 0 Å². The molecule has 5 nitrogen and oxygen atoms in total. The number of hydrogen-bond donors (Lipinski definition) is 1. The molecule has 28 heavy (non-hydrogen) atoms. The fourth-order valence-electron chi connectivity index (χ4n) is 3.34. The summed E-state index contributed by atoms with van der Waals surface area (Å²) in [4.78, 5) is 16.5. The minimum Gasteiger partial charge on any atom is -0.495 e. The van der Waals surface area contributed by atoms with Gasteiger partial charge in [0.15, 0.2) is 11.6 Å². The molecule has 0 spiro atoms. The predicted molar refractivity (Wildman–Crippen MR) is 105 cm³/mol. The monoisotopic (exact) mass is 389 g/mol. The lowest BCUT2D eigenvalue weighted by Crippen LogP contribution is -2.51. The maximum absolute atomic E-state index is 13.4. The van der Waals surface area contributed by atoms with Crippen LogP contribution in [0, 0.1) is 11.6 Å². The average molecular weight is 389 g/mol. The zero-order chi connectivity index (χ0) is 20.1. The van der Waals surface area contributed by atoms with Crippen molar-refractivity contribution in [3.05, 3.63) is 59.7 Å². The number of nitrogens with zero attached hydrogens (tertiary/aromatic N) is 2. The van der Waals surface area contributed by atoms with E-state index in [1.165, 1.54) is 6.07 Å². The van der Waals surface area contributed by atoms with Gasteiger partial charge in [-0.25, -0.2) is 8.78 Å². The normalized spacial score (nSPS) is 15.4. The first kappa shape index (κ1) is 20.1. The molecule has 1 atom stereocenters. The molecule has 0 saturated carbocycles. The molecule has 1 amide bonds. The van der Waals surface area contributed by atoms with Gasteiger partial charge in [0.25, 0.3) is 0 Å². The topological polar surface area (TPSA) is 44.8 Å². The van der Waals surface area contributed by atoms with Gasteiger partial charge in [0.2, 0.25) is 5.91 Å². The van der Waals surface area contributed by atoms with Crippen molar-refractivity contribution in [3.8, 4) is 5.75 Å². The lowest BCUT2D eigenvalue weighted by Gasteiger charge is -2.36. The van der Waals surface area contributed by atoms with Gasteiger partial charge in [-0.05, 0) is 36.8 Å². The Balaban J connectivity index is 1.50. The number of benzene rings is 2. The third-order valence-electron chi connectivity index (χ3n) is 5.06. The zero-order valence-electron chi connectivity index (χ0n) is 16.1. The molecular formula is C21H25F2N3O2. The second-order valence-electron chi connectivity index (χ2n) is 6.82. The number of ether oxygens (including phenoxy) is 1. The van der Waals surface area contributed by atoms with Crippen LogP contribution in [0.5, 0.6) is 5.75 Å². The van der Waals surface area contributed by atoms with Gasteiger partial charge in [0.1, 0.15) is 5.75 Å². The summed E-state index contributed by atoms with van der Waals surface area (Å²) < 4.78 is 31.8. The number of anilines is 1. The van der Waals surface area contributed by atoms with E-state index in [0.29, 0.717) is 18.7 Å². The second-order valence-corrected chi connectivity index (χ2v) is 6.82. The van der Waals surface area contributed by atoms with E-state index in [-0.39, 0.29) is 18.5 Å². The number of rotatable bonds is 6. The van der Waals surface area contributed by atoms with Gasteiger partial charge in [-0.3, -0.25) is 4.79 Å². The first-order chi connectivity index (χ1) is 13.5. The van der Waals surface area contributed by atoms with Gasteiger partial charge < -0.3 is 19.9 Å². The van der Waals surface area contributed by atoms with Gasteiger partial charge in [-0.15, -0.1) is 0 Å². The van der Waals surface area contributed by atoms with E-state index in [0.717, 1.165) is 36.7 Å². The van der Waals surface area contributed by atoms with Crippen molar-refractivity contribution in [2.75, 3.05) is 44.7 Å². The Labute approximate surface area is 163 Å². The average Bonchev–Trinajstić information content (AvgIpc) is 2.73. The predicted octanol–water partition coefficient (Wildman–Crippen LogP) is 2.97. The van der Waals surface area contributed by atoms with Crippen LogP contribution in [0.1, 0.15) is 18.5 Å². The summed E-state index contributed by atoms with van der Waals surface area (Å²) in [5.74, 6) is -0.941. The van der Waals surface area contributed by atoms with Crippen molar-refractivity contribution in [1.82, 2.24) is 10.2 Å². The summed E-state index contributed by atoms with van der Waals surface area (Å²) in [7, 11) is 1.65. The highest BCUT2D eigenvalue weighted by molar-refractivity contribution is 5.78. The third-order valence-corrected chi connectivity index (χ3v) is 5.06. The molecule has 150 valence electrons. The molecule has 2 aromatic carbocycles. The Kier molecular flexibility index (Phi) is 6.46. The maximum atomic E-state index is 13.4. The third kappa shape index (κ3) is 4.59. The van der Waals surface area contributed by atoms with E-state index in [9.17, 15) is 13.6 Å². The number of nitrogens with one attached hydrogen (secondary N) is 1. The molecule has 1 N–H and O–H groups in total. The van der Waals surface area contributed by atoms with Crippen molar-refractivity contribution >= 4 is 11.6 Å². The van der Waals surface area contributed by atoms with Crippen molar-refractivity contribution in [1.29, 1.82) is 0 Å². The summed E-state index contributed by atoms with van der Waals surface area (Å²) in [6.07, 6.45) is 0. The molecule has 0 radical (unpaired) electrons. The number of carbonyl (C=O) groups excluding carboxylic acids is 1. The zero-order valence-corrected chi connectivity index (χ0v) is 16.1. The maximum Gasteiger partial charge on any atom is 0.236 e. The number of halogens is 2. The molecule has 1 saturated heterocycles. The molecular weight excluding hydrogens is 364 g/mol. The SMILES string of the molecule is COc1ccccc1N1CCN(C(=O)CN[C@@H](C)c2ccc(F)c(F)c2)CC1. The quantitative estimate of drug-likeness (QED) is 0.825. The van der Waals surface area contributed by atoms with E-state index in [1.54, 1.807) is 7.11 Å².